The molecule has 0 aliphatic carbocycles. The number of ether oxygens (including phenoxy) is 1. The highest BCUT2D eigenvalue weighted by atomic mass is 127. The number of halogens is 1. The zero-order valence-electron chi connectivity index (χ0n) is 19.3. The number of rotatable bonds is 8. The van der Waals surface area contributed by atoms with E-state index in [2.05, 4.69) is 54.6 Å². The Morgan fingerprint density at radius 3 is 2.42 bits per heavy atom. The molecule has 0 bridgehead atoms. The highest BCUT2D eigenvalue weighted by molar-refractivity contribution is 14.0. The van der Waals surface area contributed by atoms with E-state index in [1.165, 1.54) is 0 Å². The van der Waals surface area contributed by atoms with E-state index in [0.29, 0.717) is 12.5 Å². The van der Waals surface area contributed by atoms with Crippen LogP contribution in [-0.2, 0) is 10.2 Å². The monoisotopic (exact) mass is 538 g/mol. The highest BCUT2D eigenvalue weighted by Crippen LogP contribution is 2.25. The number of carbonyl (C=O) groups is 1. The van der Waals surface area contributed by atoms with Gasteiger partial charge in [0.25, 0.3) is 0 Å². The smallest absolute Gasteiger partial charge is 0.243 e. The molecule has 2 N–H and O–H groups in total. The number of aliphatic imine (C=N–C) groups is 1. The second-order valence-electron chi connectivity index (χ2n) is 8.20. The van der Waals surface area contributed by atoms with E-state index in [4.69, 9.17) is 4.74 Å². The first-order valence-corrected chi connectivity index (χ1v) is 10.2. The lowest BCUT2D eigenvalue weighted by Crippen LogP contribution is -2.44. The SMILES string of the molecule is COc1cccc(C(C)(C)CNC(=NCC(=O)N(C)C)NC(C)c2ccccc2)c1.I. The molecule has 0 aliphatic heterocycles. The molecule has 1 atom stereocenters. The third-order valence-electron chi connectivity index (χ3n) is 5.07. The third-order valence-corrected chi connectivity index (χ3v) is 5.07. The Kier molecular flexibility index (Phi) is 10.8. The zero-order chi connectivity index (χ0) is 22.1. The topological polar surface area (TPSA) is 66.0 Å². The minimum absolute atomic E-state index is 0. The van der Waals surface area contributed by atoms with Crippen LogP contribution in [0.3, 0.4) is 0 Å². The molecule has 0 fully saturated rings. The maximum atomic E-state index is 12.0. The number of nitrogens with zero attached hydrogens (tertiary/aromatic N) is 2. The summed E-state index contributed by atoms with van der Waals surface area (Å²) in [5, 5.41) is 6.84. The van der Waals surface area contributed by atoms with Gasteiger partial charge in [-0.25, -0.2) is 4.99 Å². The van der Waals surface area contributed by atoms with Crippen molar-refractivity contribution in [2.24, 2.45) is 4.99 Å². The Labute approximate surface area is 203 Å². The molecule has 31 heavy (non-hydrogen) atoms. The summed E-state index contributed by atoms with van der Waals surface area (Å²) in [5.74, 6) is 1.40. The van der Waals surface area contributed by atoms with Crippen molar-refractivity contribution in [1.29, 1.82) is 0 Å². The molecule has 170 valence electrons. The van der Waals surface area contributed by atoms with Gasteiger partial charge in [0.1, 0.15) is 12.3 Å². The fourth-order valence-electron chi connectivity index (χ4n) is 2.92. The second kappa shape index (κ2) is 12.5. The Balaban J connectivity index is 0.00000480. The summed E-state index contributed by atoms with van der Waals surface area (Å²) in [6.45, 7) is 7.14. The fraction of sp³-hybridized carbons (Fsp3) is 0.417. The lowest BCUT2D eigenvalue weighted by atomic mass is 9.84. The van der Waals surface area contributed by atoms with Crippen LogP contribution in [0.15, 0.2) is 59.6 Å². The summed E-state index contributed by atoms with van der Waals surface area (Å²) < 4.78 is 5.37. The van der Waals surface area contributed by atoms with Crippen LogP contribution in [0, 0.1) is 0 Å². The lowest BCUT2D eigenvalue weighted by Gasteiger charge is -2.28. The summed E-state index contributed by atoms with van der Waals surface area (Å²) in [5.41, 5.74) is 2.14. The van der Waals surface area contributed by atoms with Gasteiger partial charge >= 0.3 is 0 Å². The van der Waals surface area contributed by atoms with Crippen molar-refractivity contribution in [2.75, 3.05) is 34.3 Å². The molecule has 2 aromatic carbocycles. The van der Waals surface area contributed by atoms with E-state index < -0.39 is 0 Å². The van der Waals surface area contributed by atoms with Crippen LogP contribution in [-0.4, -0.2) is 51.1 Å². The van der Waals surface area contributed by atoms with Crippen molar-refractivity contribution >= 4 is 35.8 Å². The van der Waals surface area contributed by atoms with Gasteiger partial charge in [-0.15, -0.1) is 24.0 Å². The van der Waals surface area contributed by atoms with Gasteiger partial charge in [-0.1, -0.05) is 56.3 Å². The highest BCUT2D eigenvalue weighted by Gasteiger charge is 2.22. The molecule has 1 amide bonds. The molecular weight excluding hydrogens is 503 g/mol. The molecule has 0 saturated heterocycles. The van der Waals surface area contributed by atoms with Crippen molar-refractivity contribution in [2.45, 2.75) is 32.2 Å². The van der Waals surface area contributed by atoms with Gasteiger partial charge < -0.3 is 20.3 Å². The number of benzene rings is 2. The van der Waals surface area contributed by atoms with Crippen LogP contribution >= 0.6 is 24.0 Å². The number of guanidine groups is 1. The minimum atomic E-state index is -0.168. The summed E-state index contributed by atoms with van der Waals surface area (Å²) in [4.78, 5) is 18.1. The molecule has 0 radical (unpaired) electrons. The molecule has 0 spiro atoms. The number of carbonyl (C=O) groups excluding carboxylic acids is 1. The van der Waals surface area contributed by atoms with Gasteiger partial charge in [0, 0.05) is 26.1 Å². The maximum absolute atomic E-state index is 12.0. The van der Waals surface area contributed by atoms with E-state index in [0.717, 1.165) is 16.9 Å². The minimum Gasteiger partial charge on any atom is -0.497 e. The van der Waals surface area contributed by atoms with Crippen LogP contribution in [0.1, 0.15) is 37.9 Å². The van der Waals surface area contributed by atoms with Gasteiger partial charge in [0.2, 0.25) is 5.91 Å². The van der Waals surface area contributed by atoms with Gasteiger partial charge in [-0.2, -0.15) is 0 Å². The van der Waals surface area contributed by atoms with E-state index >= 15 is 0 Å². The number of likely N-dealkylation sites (N-methyl/N-ethyl adjacent to an activating group) is 1. The van der Waals surface area contributed by atoms with Gasteiger partial charge in [-0.05, 0) is 30.2 Å². The summed E-state index contributed by atoms with van der Waals surface area (Å²) in [7, 11) is 5.14. The molecule has 1 unspecified atom stereocenters. The van der Waals surface area contributed by atoms with Crippen molar-refractivity contribution < 1.29 is 9.53 Å². The van der Waals surface area contributed by atoms with E-state index in [1.807, 2.05) is 36.4 Å². The average molecular weight is 538 g/mol. The first-order chi connectivity index (χ1) is 14.2. The van der Waals surface area contributed by atoms with Crippen LogP contribution in [0.5, 0.6) is 5.75 Å². The Morgan fingerprint density at radius 1 is 1.13 bits per heavy atom. The summed E-state index contributed by atoms with van der Waals surface area (Å²) >= 11 is 0. The van der Waals surface area contributed by atoms with E-state index in [9.17, 15) is 4.79 Å². The molecular formula is C24H35IN4O2. The zero-order valence-corrected chi connectivity index (χ0v) is 21.6. The number of hydrogen-bond acceptors (Lipinski definition) is 3. The Bertz CT molecular complexity index is 854. The molecule has 2 aromatic rings. The largest absolute Gasteiger partial charge is 0.497 e. The summed E-state index contributed by atoms with van der Waals surface area (Å²) in [6, 6.07) is 18.3. The van der Waals surface area contributed by atoms with Crippen LogP contribution in [0.25, 0.3) is 0 Å². The van der Waals surface area contributed by atoms with Gasteiger partial charge in [0.15, 0.2) is 5.96 Å². The first-order valence-electron chi connectivity index (χ1n) is 10.2. The lowest BCUT2D eigenvalue weighted by molar-refractivity contribution is -0.127. The van der Waals surface area contributed by atoms with Crippen molar-refractivity contribution in [1.82, 2.24) is 15.5 Å². The summed E-state index contributed by atoms with van der Waals surface area (Å²) in [6.07, 6.45) is 0. The maximum Gasteiger partial charge on any atom is 0.243 e. The number of amides is 1. The molecule has 0 saturated carbocycles. The number of methoxy groups -OCH3 is 1. The molecule has 0 aliphatic rings. The van der Waals surface area contributed by atoms with Gasteiger partial charge in [0.05, 0.1) is 13.2 Å². The van der Waals surface area contributed by atoms with Crippen molar-refractivity contribution in [3.63, 3.8) is 0 Å². The van der Waals surface area contributed by atoms with Gasteiger partial charge in [-0.3, -0.25) is 4.79 Å². The Hall–Kier alpha value is -2.29. The molecule has 2 rings (SSSR count). The normalized spacial score (nSPS) is 12.4. The van der Waals surface area contributed by atoms with Crippen LogP contribution in [0.2, 0.25) is 0 Å². The third kappa shape index (κ3) is 8.40. The first kappa shape index (κ1) is 26.7. The number of hydrogen-bond donors (Lipinski definition) is 2. The average Bonchev–Trinajstić information content (AvgIpc) is 2.75. The quantitative estimate of drug-likeness (QED) is 0.303. The number of nitrogens with one attached hydrogen (secondary N) is 2. The van der Waals surface area contributed by atoms with Crippen molar-refractivity contribution in [3.05, 3.63) is 65.7 Å². The van der Waals surface area contributed by atoms with E-state index in [1.54, 1.807) is 26.1 Å². The predicted molar refractivity (Wildman–Crippen MR) is 138 cm³/mol. The Morgan fingerprint density at radius 2 is 1.81 bits per heavy atom. The molecule has 0 heterocycles. The fourth-order valence-corrected chi connectivity index (χ4v) is 2.92. The molecule has 0 aromatic heterocycles. The van der Waals surface area contributed by atoms with Crippen LogP contribution < -0.4 is 15.4 Å². The molecule has 6 nitrogen and oxygen atoms in total. The van der Waals surface area contributed by atoms with Crippen molar-refractivity contribution in [3.8, 4) is 5.75 Å². The second-order valence-corrected chi connectivity index (χ2v) is 8.20. The standard InChI is InChI=1S/C24H34N4O2.HI/c1-18(19-11-8-7-9-12-19)27-23(25-16-22(29)28(4)5)26-17-24(2,3)20-13-10-14-21(15-20)30-6;/h7-15,18H,16-17H2,1-6H3,(H2,25,26,27);1H. The predicted octanol–water partition coefficient (Wildman–Crippen LogP) is 3.98. The molecule has 7 heteroatoms. The van der Waals surface area contributed by atoms with Crippen LogP contribution in [0.4, 0.5) is 0 Å². The van der Waals surface area contributed by atoms with E-state index in [-0.39, 0.29) is 47.9 Å².